The molecule has 2 aromatic carbocycles. The zero-order chi connectivity index (χ0) is 23.4. The summed E-state index contributed by atoms with van der Waals surface area (Å²) in [4.78, 5) is 27.5. The first-order valence-corrected chi connectivity index (χ1v) is 10.5. The molecule has 1 amide bonds. The van der Waals surface area contributed by atoms with Gasteiger partial charge in [0.2, 0.25) is 0 Å². The summed E-state index contributed by atoms with van der Waals surface area (Å²) in [5.41, 5.74) is 1.56. The maximum Gasteiger partial charge on any atom is 0.290 e. The molecule has 1 atom stereocenters. The molecule has 1 aliphatic rings. The van der Waals surface area contributed by atoms with Crippen LogP contribution in [0.1, 0.15) is 37.4 Å². The SMILES string of the molecule is COc1ccc(C2C(C(=O)CC(C)C)=C(O)C(=O)N2CCc2ccc(F)cc2)cc1OC. The quantitative estimate of drug-likeness (QED) is 0.624. The Morgan fingerprint density at radius 1 is 1.09 bits per heavy atom. The molecule has 0 spiro atoms. The van der Waals surface area contributed by atoms with Crippen LogP contribution in [0.25, 0.3) is 0 Å². The number of methoxy groups -OCH3 is 2. The van der Waals surface area contributed by atoms with Gasteiger partial charge in [-0.15, -0.1) is 0 Å². The van der Waals surface area contributed by atoms with Gasteiger partial charge in [0.1, 0.15) is 5.82 Å². The number of ether oxygens (including phenoxy) is 2. The Morgan fingerprint density at radius 2 is 1.75 bits per heavy atom. The van der Waals surface area contributed by atoms with Crippen molar-refractivity contribution in [2.45, 2.75) is 32.7 Å². The zero-order valence-electron chi connectivity index (χ0n) is 18.7. The molecule has 1 unspecified atom stereocenters. The van der Waals surface area contributed by atoms with Crippen molar-refractivity contribution in [3.8, 4) is 11.5 Å². The van der Waals surface area contributed by atoms with E-state index >= 15 is 0 Å². The number of hydrogen-bond donors (Lipinski definition) is 1. The van der Waals surface area contributed by atoms with Crippen molar-refractivity contribution < 1.29 is 28.6 Å². The number of halogens is 1. The first-order chi connectivity index (χ1) is 15.3. The van der Waals surface area contributed by atoms with Crippen LogP contribution in [0.15, 0.2) is 53.8 Å². The zero-order valence-corrected chi connectivity index (χ0v) is 18.7. The molecule has 32 heavy (non-hydrogen) atoms. The number of Topliss-reactive ketones (excluding diaryl/α,β-unsaturated/α-hetero) is 1. The number of aliphatic hydroxyl groups is 1. The minimum atomic E-state index is -0.756. The standard InChI is InChI=1S/C25H28FNO5/c1-15(2)13-19(28)22-23(17-7-10-20(31-3)21(14-17)32-4)27(25(30)24(22)29)12-11-16-5-8-18(26)9-6-16/h5-10,14-15,23,29H,11-13H2,1-4H3. The molecule has 0 bridgehead atoms. The molecule has 0 fully saturated rings. The molecular formula is C25H28FNO5. The lowest BCUT2D eigenvalue weighted by Crippen LogP contribution is -2.33. The molecular weight excluding hydrogens is 413 g/mol. The van der Waals surface area contributed by atoms with Crippen LogP contribution in [0.5, 0.6) is 11.5 Å². The first-order valence-electron chi connectivity index (χ1n) is 10.5. The predicted octanol–water partition coefficient (Wildman–Crippen LogP) is 4.40. The van der Waals surface area contributed by atoms with E-state index < -0.39 is 17.7 Å². The number of hydrogen-bond acceptors (Lipinski definition) is 5. The van der Waals surface area contributed by atoms with Crippen LogP contribution in [-0.4, -0.2) is 42.5 Å². The molecule has 7 heteroatoms. The molecule has 2 aromatic rings. The molecule has 3 rings (SSSR count). The van der Waals surface area contributed by atoms with Gasteiger partial charge in [-0.25, -0.2) is 4.39 Å². The smallest absolute Gasteiger partial charge is 0.290 e. The summed E-state index contributed by atoms with van der Waals surface area (Å²) in [7, 11) is 3.03. The first kappa shape index (κ1) is 23.3. The van der Waals surface area contributed by atoms with Gasteiger partial charge in [-0.05, 0) is 47.7 Å². The number of ketones is 1. The number of rotatable bonds is 9. The van der Waals surface area contributed by atoms with Gasteiger partial charge >= 0.3 is 0 Å². The van der Waals surface area contributed by atoms with Crippen LogP contribution in [0.3, 0.4) is 0 Å². The number of carbonyl (C=O) groups excluding carboxylic acids is 2. The Morgan fingerprint density at radius 3 is 2.34 bits per heavy atom. The van der Waals surface area contributed by atoms with Gasteiger partial charge in [0.15, 0.2) is 23.0 Å². The van der Waals surface area contributed by atoms with Crippen molar-refractivity contribution in [2.24, 2.45) is 5.92 Å². The molecule has 1 heterocycles. The topological polar surface area (TPSA) is 76.1 Å². The second kappa shape index (κ2) is 9.85. The summed E-state index contributed by atoms with van der Waals surface area (Å²) in [6.07, 6.45) is 0.650. The largest absolute Gasteiger partial charge is 0.503 e. The molecule has 0 saturated heterocycles. The molecule has 170 valence electrons. The van der Waals surface area contributed by atoms with E-state index in [0.29, 0.717) is 23.5 Å². The van der Waals surface area contributed by atoms with Crippen molar-refractivity contribution in [3.63, 3.8) is 0 Å². The maximum absolute atomic E-state index is 13.2. The number of nitrogens with zero attached hydrogens (tertiary/aromatic N) is 1. The summed E-state index contributed by atoms with van der Waals surface area (Å²) >= 11 is 0. The maximum atomic E-state index is 13.2. The van der Waals surface area contributed by atoms with E-state index in [2.05, 4.69) is 0 Å². The third-order valence-corrected chi connectivity index (χ3v) is 5.48. The predicted molar refractivity (Wildman–Crippen MR) is 118 cm³/mol. The van der Waals surface area contributed by atoms with Gasteiger partial charge in [0, 0.05) is 13.0 Å². The van der Waals surface area contributed by atoms with Crippen molar-refractivity contribution in [1.82, 2.24) is 4.90 Å². The molecule has 0 aromatic heterocycles. The van der Waals surface area contributed by atoms with Crippen LogP contribution in [0.4, 0.5) is 4.39 Å². The highest BCUT2D eigenvalue weighted by Gasteiger charge is 2.43. The Kier molecular flexibility index (Phi) is 7.18. The van der Waals surface area contributed by atoms with Gasteiger partial charge in [0.25, 0.3) is 5.91 Å². The van der Waals surface area contributed by atoms with Crippen molar-refractivity contribution in [2.75, 3.05) is 20.8 Å². The van der Waals surface area contributed by atoms with Crippen LogP contribution in [-0.2, 0) is 16.0 Å². The highest BCUT2D eigenvalue weighted by atomic mass is 19.1. The average molecular weight is 441 g/mol. The Hall–Kier alpha value is -3.35. The Labute approximate surface area is 187 Å². The van der Waals surface area contributed by atoms with Gasteiger partial charge in [-0.3, -0.25) is 9.59 Å². The van der Waals surface area contributed by atoms with E-state index in [4.69, 9.17) is 9.47 Å². The highest BCUT2D eigenvalue weighted by Crippen LogP contribution is 2.41. The molecule has 0 aliphatic carbocycles. The fourth-order valence-electron chi connectivity index (χ4n) is 3.92. The molecule has 1 N–H and O–H groups in total. The number of carbonyl (C=O) groups is 2. The monoisotopic (exact) mass is 441 g/mol. The van der Waals surface area contributed by atoms with Crippen molar-refractivity contribution in [3.05, 3.63) is 70.7 Å². The summed E-state index contributed by atoms with van der Waals surface area (Å²) < 4.78 is 23.9. The van der Waals surface area contributed by atoms with E-state index in [0.717, 1.165) is 5.56 Å². The Bertz CT molecular complexity index is 1030. The lowest BCUT2D eigenvalue weighted by molar-refractivity contribution is -0.129. The third-order valence-electron chi connectivity index (χ3n) is 5.48. The lowest BCUT2D eigenvalue weighted by atomic mass is 9.92. The third kappa shape index (κ3) is 4.77. The van der Waals surface area contributed by atoms with Gasteiger partial charge in [-0.1, -0.05) is 32.0 Å². The summed E-state index contributed by atoms with van der Waals surface area (Å²) in [5.74, 6) is -0.685. The number of amides is 1. The molecule has 0 radical (unpaired) electrons. The fourth-order valence-corrected chi connectivity index (χ4v) is 3.92. The van der Waals surface area contributed by atoms with E-state index in [-0.39, 0.29) is 36.1 Å². The summed E-state index contributed by atoms with van der Waals surface area (Å²) in [5, 5.41) is 10.7. The fraction of sp³-hybridized carbons (Fsp3) is 0.360. The number of benzene rings is 2. The molecule has 1 aliphatic heterocycles. The van der Waals surface area contributed by atoms with E-state index in [9.17, 15) is 19.1 Å². The van der Waals surface area contributed by atoms with Gasteiger partial charge in [-0.2, -0.15) is 0 Å². The average Bonchev–Trinajstić information content (AvgIpc) is 3.02. The summed E-state index contributed by atoms with van der Waals surface area (Å²) in [6, 6.07) is 10.4. The van der Waals surface area contributed by atoms with Crippen molar-refractivity contribution >= 4 is 11.7 Å². The van der Waals surface area contributed by atoms with Crippen LogP contribution >= 0.6 is 0 Å². The van der Waals surface area contributed by atoms with E-state index in [1.165, 1.54) is 31.3 Å². The normalized spacial score (nSPS) is 16.1. The van der Waals surface area contributed by atoms with Gasteiger partial charge in [0.05, 0.1) is 25.8 Å². The lowest BCUT2D eigenvalue weighted by Gasteiger charge is -2.27. The van der Waals surface area contributed by atoms with Gasteiger partial charge < -0.3 is 19.5 Å². The minimum absolute atomic E-state index is 0.0669. The second-order valence-electron chi connectivity index (χ2n) is 8.18. The second-order valence-corrected chi connectivity index (χ2v) is 8.18. The molecule has 6 nitrogen and oxygen atoms in total. The minimum Gasteiger partial charge on any atom is -0.503 e. The number of aliphatic hydroxyl groups excluding tert-OH is 1. The van der Waals surface area contributed by atoms with Crippen LogP contribution in [0.2, 0.25) is 0 Å². The molecule has 0 saturated carbocycles. The van der Waals surface area contributed by atoms with Crippen LogP contribution < -0.4 is 9.47 Å². The Balaban J connectivity index is 2.00. The van der Waals surface area contributed by atoms with E-state index in [1.54, 1.807) is 30.3 Å². The van der Waals surface area contributed by atoms with Crippen LogP contribution in [0, 0.1) is 11.7 Å². The highest BCUT2D eigenvalue weighted by molar-refractivity contribution is 6.09. The van der Waals surface area contributed by atoms with Crippen molar-refractivity contribution in [1.29, 1.82) is 0 Å². The summed E-state index contributed by atoms with van der Waals surface area (Å²) in [6.45, 7) is 4.06. The van der Waals surface area contributed by atoms with E-state index in [1.807, 2.05) is 13.8 Å².